The summed E-state index contributed by atoms with van der Waals surface area (Å²) in [7, 11) is 0. The second-order valence-corrected chi connectivity index (χ2v) is 24.4. The van der Waals surface area contributed by atoms with Crippen LogP contribution < -0.4 is 26.2 Å². The molecule has 0 atom stereocenters. The molecule has 0 saturated carbocycles. The average molecular weight is 1250 g/mol. The molecule has 0 bridgehead atoms. The number of anilines is 6. The maximum atomic E-state index is 10.6. The van der Waals surface area contributed by atoms with Gasteiger partial charge in [-0.25, -0.2) is 0 Å². The number of benzene rings is 15. The Hall–Kier alpha value is -12.7. The fourth-order valence-electron chi connectivity index (χ4n) is 15.6. The number of para-hydroxylation sites is 2. The lowest BCUT2D eigenvalue weighted by Gasteiger charge is -2.45. The van der Waals surface area contributed by atoms with Crippen molar-refractivity contribution in [2.75, 3.05) is 9.80 Å². The summed E-state index contributed by atoms with van der Waals surface area (Å²) in [6.45, 7) is -0.881. The first-order chi connectivity index (χ1) is 55.2. The van der Waals surface area contributed by atoms with Crippen LogP contribution in [0.2, 0.25) is 0 Å². The van der Waals surface area contributed by atoms with Gasteiger partial charge in [0.1, 0.15) is 0 Å². The maximum Gasteiger partial charge on any atom is 0.252 e. The summed E-state index contributed by atoms with van der Waals surface area (Å²) in [5, 5.41) is 10.3. The predicted molar refractivity (Wildman–Crippen MR) is 404 cm³/mol. The Morgan fingerprint density at radius 3 is 1.57 bits per heavy atom. The summed E-state index contributed by atoms with van der Waals surface area (Å²) in [4.78, 5) is 4.35. The molecule has 2 aliphatic heterocycles. The van der Waals surface area contributed by atoms with Gasteiger partial charge in [-0.2, -0.15) is 5.26 Å². The molecule has 19 rings (SSSR count). The number of hydrogen-bond donors (Lipinski definition) is 0. The van der Waals surface area contributed by atoms with Gasteiger partial charge in [0.2, 0.25) is 0 Å². The van der Waals surface area contributed by atoms with Crippen LogP contribution in [-0.2, 0) is 5.41 Å². The molecule has 5 heteroatoms. The highest BCUT2D eigenvalue weighted by Crippen LogP contribution is 2.60. The zero-order chi connectivity index (χ0) is 78.9. The van der Waals surface area contributed by atoms with E-state index in [9.17, 15) is 19.0 Å². The van der Waals surface area contributed by atoms with Gasteiger partial charge in [-0.1, -0.05) is 291 Å². The second kappa shape index (κ2) is 22.5. The molecule has 0 amide bonds. The van der Waals surface area contributed by atoms with Crippen LogP contribution in [0.1, 0.15) is 51.1 Å². The van der Waals surface area contributed by atoms with Crippen LogP contribution in [0.3, 0.4) is 0 Å². The van der Waals surface area contributed by atoms with Gasteiger partial charge >= 0.3 is 0 Å². The molecule has 0 fully saturated rings. The van der Waals surface area contributed by atoms with Crippen LogP contribution in [0.15, 0.2) is 358 Å². The van der Waals surface area contributed by atoms with Crippen molar-refractivity contribution < 1.29 is 23.3 Å². The molecule has 3 heterocycles. The minimum Gasteiger partial charge on any atom is -0.311 e. The van der Waals surface area contributed by atoms with Crippen molar-refractivity contribution >= 4 is 79.0 Å². The fourth-order valence-corrected chi connectivity index (χ4v) is 15.6. The Bertz CT molecular complexity index is 6760. The van der Waals surface area contributed by atoms with Gasteiger partial charge in [0, 0.05) is 56.0 Å². The van der Waals surface area contributed by atoms with E-state index in [1.807, 2.05) is 97.1 Å². The Labute approximate surface area is 588 Å². The zero-order valence-corrected chi connectivity index (χ0v) is 51.6. The van der Waals surface area contributed by atoms with Crippen molar-refractivity contribution in [3.8, 4) is 78.5 Å². The lowest BCUT2D eigenvalue weighted by Crippen LogP contribution is -2.61. The molecule has 0 radical (unpaired) electrons. The normalized spacial score (nSPS) is 15.4. The Kier molecular flexibility index (Phi) is 9.52. The molecule has 16 aromatic rings. The molecule has 4 nitrogen and oxygen atoms in total. The molecule has 0 unspecified atom stereocenters. The van der Waals surface area contributed by atoms with Crippen molar-refractivity contribution in [1.82, 2.24) is 4.57 Å². The number of rotatable bonds is 10. The van der Waals surface area contributed by atoms with Gasteiger partial charge in [-0.3, -0.25) is 0 Å². The van der Waals surface area contributed by atoms with E-state index in [0.717, 1.165) is 77.9 Å². The topological polar surface area (TPSA) is 35.2 Å². The largest absolute Gasteiger partial charge is 0.311 e. The van der Waals surface area contributed by atoms with E-state index in [0.29, 0.717) is 50.5 Å². The fraction of sp³-hybridized carbons (Fsp3) is 0.0109. The van der Waals surface area contributed by atoms with Crippen LogP contribution >= 0.6 is 0 Å². The summed E-state index contributed by atoms with van der Waals surface area (Å²) < 4.78 is 159. The van der Waals surface area contributed by atoms with Gasteiger partial charge in [-0.15, -0.1) is 0 Å². The average Bonchev–Trinajstić information content (AvgIpc) is 1.53. The van der Waals surface area contributed by atoms with Crippen LogP contribution in [0.4, 0.5) is 34.1 Å². The molecule has 0 N–H and O–H groups in total. The van der Waals surface area contributed by atoms with E-state index in [4.69, 9.17) is 9.60 Å². The van der Waals surface area contributed by atoms with E-state index in [1.165, 1.54) is 4.57 Å². The smallest absolute Gasteiger partial charge is 0.252 e. The van der Waals surface area contributed by atoms with Gasteiger partial charge < -0.3 is 14.4 Å². The highest BCUT2D eigenvalue weighted by atomic mass is 15.2. The molecular weight excluding hydrogens is 1170 g/mol. The summed E-state index contributed by atoms with van der Waals surface area (Å²) in [5.41, 5.74) is 15.7. The van der Waals surface area contributed by atoms with E-state index in [1.54, 1.807) is 24.3 Å². The van der Waals surface area contributed by atoms with Crippen molar-refractivity contribution in [3.05, 3.63) is 385 Å². The first-order valence-corrected chi connectivity index (χ1v) is 32.0. The Morgan fingerprint density at radius 1 is 0.351 bits per heavy atom. The summed E-state index contributed by atoms with van der Waals surface area (Å²) in [5.74, 6) is 0. The first kappa shape index (κ1) is 41.1. The first-order valence-electron chi connectivity index (χ1n) is 40.5. The van der Waals surface area contributed by atoms with E-state index < -0.39 is 120 Å². The SMILES string of the molecule is [2H]c1c([2H])c([2H])c(-c2ccc(N3c4cc(-n5c6c([2H])c([2H])c([2H])c([2H])c6c6c([2H])c(C#N)c([2H])c([2H])c65)ccc4B4c5cc(-c6c([2H])c([2H])c([2H])c([2H])c6[2H])ccc5N(c5c(-c6ccccc6)cccc5-c5ccccc5)c5cc(-c6cccc7c6C(c6ccccc6)(c6ccccc6)c6ccccc6-7)cc3c54)cc2)c([2H])c1[2H]. The molecule has 3 aliphatic rings. The Morgan fingerprint density at radius 2 is 0.897 bits per heavy atom. The summed E-state index contributed by atoms with van der Waals surface area (Å²) in [6.07, 6.45) is 0. The third-order valence-corrected chi connectivity index (χ3v) is 19.5. The van der Waals surface area contributed by atoms with Gasteiger partial charge in [0.05, 0.1) is 57.1 Å². The standard InChI is InChI=1S/C92H59BN4/c94-60-61-45-53-84-79(55-61)77-38-20-22-44-83(77)96(84)72-51-52-81-86(59-72)95(71-49-46-64(47-50-71)62-25-7-1-8-26-62)87-57-68(73-39-23-42-78-76-37-19-21-43-80(76)92(89(73)78,69-33-15-5-16-34-69)70-35-17-6-18-36-70)58-88-90(87)93(81)82-56-67(63-27-9-2-10-28-63)48-54-85(82)97(88)91-74(65-29-11-3-12-30-65)40-24-41-75(91)66-31-13-4-14-32-66/h1-59H/i1D,2D,7D,8D,9D,10D,20D,22D,25D,26D,27D,28D,38D,44D,45D,53D,55D. The minimum absolute atomic E-state index is 0.0368. The van der Waals surface area contributed by atoms with E-state index in [2.05, 4.69) is 149 Å². The number of aromatic nitrogens is 1. The highest BCUT2D eigenvalue weighted by molar-refractivity contribution is 7.00. The van der Waals surface area contributed by atoms with Crippen molar-refractivity contribution in [2.24, 2.45) is 0 Å². The van der Waals surface area contributed by atoms with Crippen molar-refractivity contribution in [1.29, 1.82) is 5.26 Å². The molecule has 1 aromatic heterocycles. The molecule has 15 aromatic carbocycles. The quantitative estimate of drug-likeness (QED) is 0.128. The number of fused-ring (bicyclic) bond motifs is 10. The van der Waals surface area contributed by atoms with Gasteiger partial charge in [-0.05, 0) is 161 Å². The van der Waals surface area contributed by atoms with Gasteiger partial charge in [0.25, 0.3) is 6.71 Å². The van der Waals surface area contributed by atoms with Crippen LogP contribution in [0.25, 0.3) is 94.3 Å². The molecule has 0 spiro atoms. The lowest BCUT2D eigenvalue weighted by molar-refractivity contribution is 0.770. The van der Waals surface area contributed by atoms with Gasteiger partial charge in [0.15, 0.2) is 0 Å². The molecule has 1 aliphatic carbocycles. The second-order valence-electron chi connectivity index (χ2n) is 24.4. The predicted octanol–water partition coefficient (Wildman–Crippen LogP) is 21.4. The van der Waals surface area contributed by atoms with Crippen molar-refractivity contribution in [3.63, 3.8) is 0 Å². The van der Waals surface area contributed by atoms with Crippen LogP contribution in [-0.4, -0.2) is 11.3 Å². The number of hydrogen-bond acceptors (Lipinski definition) is 3. The molecule has 97 heavy (non-hydrogen) atoms. The molecule has 450 valence electrons. The highest BCUT2D eigenvalue weighted by Gasteiger charge is 2.49. The minimum atomic E-state index is -0.965. The molecular formula is C92H59BN4. The number of nitrogens with zero attached hydrogens (tertiary/aromatic N) is 4. The zero-order valence-electron chi connectivity index (χ0n) is 68.6. The van der Waals surface area contributed by atoms with Crippen molar-refractivity contribution in [2.45, 2.75) is 5.41 Å². The Balaban J connectivity index is 1.01. The van der Waals surface area contributed by atoms with Crippen LogP contribution in [0.5, 0.6) is 0 Å². The third-order valence-electron chi connectivity index (χ3n) is 19.5. The molecule has 0 saturated heterocycles. The summed E-state index contributed by atoms with van der Waals surface area (Å²) >= 11 is 0. The monoisotopic (exact) mass is 1250 g/mol. The summed E-state index contributed by atoms with van der Waals surface area (Å²) in [6, 6.07) is 78.1. The van der Waals surface area contributed by atoms with Crippen LogP contribution in [0, 0.1) is 11.3 Å². The third kappa shape index (κ3) is 8.64. The lowest BCUT2D eigenvalue weighted by atomic mass is 9.33. The maximum absolute atomic E-state index is 10.6. The van der Waals surface area contributed by atoms with E-state index in [-0.39, 0.29) is 38.6 Å². The van der Waals surface area contributed by atoms with E-state index >= 15 is 0 Å². The number of nitriles is 1.